The summed E-state index contributed by atoms with van der Waals surface area (Å²) in [7, 11) is -7.10. The predicted molar refractivity (Wildman–Crippen MR) is 87.3 cm³/mol. The highest BCUT2D eigenvalue weighted by Gasteiger charge is 2.42. The lowest BCUT2D eigenvalue weighted by atomic mass is 10.0. The van der Waals surface area contributed by atoms with Crippen LogP contribution in [0.4, 0.5) is 0 Å². The van der Waals surface area contributed by atoms with Gasteiger partial charge < -0.3 is 4.74 Å². The van der Waals surface area contributed by atoms with Crippen molar-refractivity contribution in [3.8, 4) is 5.75 Å². The highest BCUT2D eigenvalue weighted by Crippen LogP contribution is 2.31. The van der Waals surface area contributed by atoms with E-state index in [9.17, 15) is 16.8 Å². The number of hydrogen-bond donors (Lipinski definition) is 1. The maximum Gasteiger partial charge on any atom is 0.244 e. The van der Waals surface area contributed by atoms with E-state index in [1.54, 1.807) is 26.0 Å². The molecule has 2 rings (SSSR count). The van der Waals surface area contributed by atoms with Gasteiger partial charge >= 0.3 is 0 Å². The van der Waals surface area contributed by atoms with Gasteiger partial charge in [0.1, 0.15) is 10.6 Å². The Morgan fingerprint density at radius 2 is 2.09 bits per heavy atom. The van der Waals surface area contributed by atoms with Crippen LogP contribution in [0.25, 0.3) is 0 Å². The second-order valence-corrected chi connectivity index (χ2v) is 10.3. The number of rotatable bonds is 5. The molecule has 0 bridgehead atoms. The molecule has 0 saturated carbocycles. The predicted octanol–water partition coefficient (Wildman–Crippen LogP) is 1.70. The molecule has 9 heteroatoms. The number of ether oxygens (including phenoxy) is 1. The van der Waals surface area contributed by atoms with Crippen molar-refractivity contribution >= 4 is 35.8 Å². The normalized spacial score (nSPS) is 24.3. The van der Waals surface area contributed by atoms with Gasteiger partial charge in [-0.25, -0.2) is 21.6 Å². The van der Waals surface area contributed by atoms with Gasteiger partial charge in [0.25, 0.3) is 0 Å². The van der Waals surface area contributed by atoms with Crippen LogP contribution in [0.2, 0.25) is 0 Å². The molecule has 1 N–H and O–H groups in total. The zero-order chi connectivity index (χ0) is 16.6. The van der Waals surface area contributed by atoms with Crippen LogP contribution in [-0.4, -0.2) is 40.5 Å². The lowest BCUT2D eigenvalue weighted by molar-refractivity contribution is 0.330. The summed E-state index contributed by atoms with van der Waals surface area (Å²) in [5.74, 6) is 0.0303. The van der Waals surface area contributed by atoms with Crippen molar-refractivity contribution in [2.24, 2.45) is 0 Å². The molecule has 1 saturated heterocycles. The van der Waals surface area contributed by atoms with Crippen LogP contribution in [-0.2, 0) is 19.9 Å². The van der Waals surface area contributed by atoms with Gasteiger partial charge in [-0.3, -0.25) is 0 Å². The summed E-state index contributed by atoms with van der Waals surface area (Å²) in [5, 5.41) is 0. The van der Waals surface area contributed by atoms with E-state index in [1.807, 2.05) is 0 Å². The summed E-state index contributed by atoms with van der Waals surface area (Å²) in [6, 6.07) is 4.70. The molecule has 0 aliphatic carbocycles. The number of nitrogens with one attached hydrogen (secondary N) is 1. The standard InChI is InChI=1S/C13H18BrNO5S2/c1-3-20-11-5-4-10(14)8-12(11)22(18,19)15-13(2)6-7-21(16,17)9-13/h4-5,8,15H,3,6-7,9H2,1-2H3/t13-/m1/s1. The topological polar surface area (TPSA) is 89.5 Å². The van der Waals surface area contributed by atoms with E-state index in [1.165, 1.54) is 6.07 Å². The molecule has 6 nitrogen and oxygen atoms in total. The van der Waals surface area contributed by atoms with Gasteiger partial charge in [-0.2, -0.15) is 0 Å². The van der Waals surface area contributed by atoms with Gasteiger partial charge in [-0.1, -0.05) is 15.9 Å². The van der Waals surface area contributed by atoms with Crippen molar-refractivity contribution in [3.63, 3.8) is 0 Å². The van der Waals surface area contributed by atoms with Crippen molar-refractivity contribution in [2.75, 3.05) is 18.1 Å². The fourth-order valence-electron chi connectivity index (χ4n) is 2.44. The first-order valence-electron chi connectivity index (χ1n) is 6.74. The molecule has 1 heterocycles. The van der Waals surface area contributed by atoms with Crippen LogP contribution in [0, 0.1) is 0 Å². The van der Waals surface area contributed by atoms with E-state index in [-0.39, 0.29) is 28.6 Å². The van der Waals surface area contributed by atoms with Crippen molar-refractivity contribution in [3.05, 3.63) is 22.7 Å². The lowest BCUT2D eigenvalue weighted by Crippen LogP contribution is -2.46. The van der Waals surface area contributed by atoms with Crippen LogP contribution in [0.3, 0.4) is 0 Å². The molecule has 1 aliphatic rings. The molecule has 1 aromatic rings. The smallest absolute Gasteiger partial charge is 0.244 e. The molecule has 0 spiro atoms. The molecule has 0 aromatic heterocycles. The Hall–Kier alpha value is -0.640. The first-order valence-corrected chi connectivity index (χ1v) is 10.8. The van der Waals surface area contributed by atoms with Crippen molar-refractivity contribution in [2.45, 2.75) is 30.7 Å². The van der Waals surface area contributed by atoms with Gasteiger partial charge in [0, 0.05) is 10.0 Å². The third kappa shape index (κ3) is 4.01. The van der Waals surface area contributed by atoms with Crippen LogP contribution < -0.4 is 9.46 Å². The quantitative estimate of drug-likeness (QED) is 0.795. The Bertz CT molecular complexity index is 776. The van der Waals surface area contributed by atoms with E-state index in [0.29, 0.717) is 11.1 Å². The minimum Gasteiger partial charge on any atom is -0.492 e. The van der Waals surface area contributed by atoms with E-state index in [4.69, 9.17) is 4.74 Å². The van der Waals surface area contributed by atoms with Gasteiger partial charge in [0.2, 0.25) is 10.0 Å². The van der Waals surface area contributed by atoms with Gasteiger partial charge in [-0.15, -0.1) is 0 Å². The minimum atomic E-state index is -3.90. The average molecular weight is 412 g/mol. The van der Waals surface area contributed by atoms with Crippen molar-refractivity contribution < 1.29 is 21.6 Å². The first-order chi connectivity index (χ1) is 10.1. The minimum absolute atomic E-state index is 0.00533. The number of sulfonamides is 1. The average Bonchev–Trinajstić information content (AvgIpc) is 2.64. The summed E-state index contributed by atoms with van der Waals surface area (Å²) in [6.45, 7) is 3.69. The molecular formula is C13H18BrNO5S2. The highest BCUT2D eigenvalue weighted by atomic mass is 79.9. The van der Waals surface area contributed by atoms with Gasteiger partial charge in [0.15, 0.2) is 9.84 Å². The summed E-state index contributed by atoms with van der Waals surface area (Å²) in [6.07, 6.45) is 0.256. The zero-order valence-electron chi connectivity index (χ0n) is 12.3. The number of sulfone groups is 1. The van der Waals surface area contributed by atoms with Crippen LogP contribution in [0.5, 0.6) is 5.75 Å². The molecule has 1 fully saturated rings. The Balaban J connectivity index is 2.37. The van der Waals surface area contributed by atoms with E-state index < -0.39 is 25.4 Å². The van der Waals surface area contributed by atoms with E-state index in [0.717, 1.165) is 0 Å². The Morgan fingerprint density at radius 1 is 1.41 bits per heavy atom. The molecule has 1 aromatic carbocycles. The Morgan fingerprint density at radius 3 is 2.64 bits per heavy atom. The largest absolute Gasteiger partial charge is 0.492 e. The Labute approximate surface area is 139 Å². The summed E-state index contributed by atoms with van der Waals surface area (Å²) in [4.78, 5) is -0.00533. The Kier molecular flexibility index (Phi) is 4.91. The summed E-state index contributed by atoms with van der Waals surface area (Å²) >= 11 is 3.24. The molecule has 1 atom stereocenters. The van der Waals surface area contributed by atoms with Crippen molar-refractivity contribution in [1.82, 2.24) is 4.72 Å². The zero-order valence-corrected chi connectivity index (χ0v) is 15.5. The number of benzene rings is 1. The molecule has 0 unspecified atom stereocenters. The summed E-state index contributed by atoms with van der Waals surface area (Å²) < 4.78 is 57.0. The van der Waals surface area contributed by atoms with E-state index >= 15 is 0 Å². The molecule has 0 radical (unpaired) electrons. The second kappa shape index (κ2) is 6.10. The molecular weight excluding hydrogens is 394 g/mol. The third-order valence-corrected chi connectivity index (χ3v) is 7.44. The fourth-order valence-corrected chi connectivity index (χ4v) is 6.74. The second-order valence-electron chi connectivity index (χ2n) is 5.53. The lowest BCUT2D eigenvalue weighted by Gasteiger charge is -2.24. The summed E-state index contributed by atoms with van der Waals surface area (Å²) in [5.41, 5.74) is -0.997. The van der Waals surface area contributed by atoms with E-state index in [2.05, 4.69) is 20.7 Å². The van der Waals surface area contributed by atoms with Crippen LogP contribution >= 0.6 is 15.9 Å². The highest BCUT2D eigenvalue weighted by molar-refractivity contribution is 9.10. The molecule has 1 aliphatic heterocycles. The van der Waals surface area contributed by atoms with Crippen molar-refractivity contribution in [1.29, 1.82) is 0 Å². The molecule has 0 amide bonds. The third-order valence-electron chi connectivity index (χ3n) is 3.38. The maximum atomic E-state index is 12.6. The monoisotopic (exact) mass is 411 g/mol. The molecule has 124 valence electrons. The molecule has 22 heavy (non-hydrogen) atoms. The van der Waals surface area contributed by atoms with Gasteiger partial charge in [0.05, 0.1) is 18.1 Å². The van der Waals surface area contributed by atoms with Crippen LogP contribution in [0.1, 0.15) is 20.3 Å². The number of hydrogen-bond acceptors (Lipinski definition) is 5. The SMILES string of the molecule is CCOc1ccc(Br)cc1S(=O)(=O)N[C@]1(C)CCS(=O)(=O)C1. The maximum absolute atomic E-state index is 12.6. The fraction of sp³-hybridized carbons (Fsp3) is 0.538. The number of halogens is 1. The van der Waals surface area contributed by atoms with Crippen LogP contribution in [0.15, 0.2) is 27.6 Å². The van der Waals surface area contributed by atoms with Gasteiger partial charge in [-0.05, 0) is 38.5 Å². The first kappa shape index (κ1) is 17.7.